The third-order valence-electron chi connectivity index (χ3n) is 7.21. The molecule has 0 radical (unpaired) electrons. The summed E-state index contributed by atoms with van der Waals surface area (Å²) in [4.78, 5) is 32.2. The Hall–Kier alpha value is -4.21. The van der Waals surface area contributed by atoms with E-state index in [2.05, 4.69) is 4.98 Å². The molecule has 2 bridgehead atoms. The Balaban J connectivity index is 1.67. The summed E-state index contributed by atoms with van der Waals surface area (Å²) in [6.07, 6.45) is 8.73. The van der Waals surface area contributed by atoms with Crippen LogP contribution in [0.25, 0.3) is 0 Å². The molecule has 1 saturated carbocycles. The van der Waals surface area contributed by atoms with Crippen LogP contribution in [0.5, 0.6) is 11.5 Å². The summed E-state index contributed by atoms with van der Waals surface area (Å²) in [6.45, 7) is 0.000299. The van der Waals surface area contributed by atoms with E-state index in [-0.39, 0.29) is 30.3 Å². The maximum absolute atomic E-state index is 15.1. The van der Waals surface area contributed by atoms with E-state index in [0.717, 1.165) is 18.6 Å². The largest absolute Gasteiger partial charge is 0.502 e. The van der Waals surface area contributed by atoms with Crippen molar-refractivity contribution in [3.8, 4) is 11.5 Å². The van der Waals surface area contributed by atoms with Crippen LogP contribution in [0.3, 0.4) is 0 Å². The molecule has 3 aromatic rings. The second-order valence-corrected chi connectivity index (χ2v) is 9.14. The predicted molar refractivity (Wildman–Crippen MR) is 125 cm³/mol. The van der Waals surface area contributed by atoms with E-state index >= 15 is 4.39 Å². The number of hydrogen-bond donors (Lipinski definition) is 1. The van der Waals surface area contributed by atoms with Gasteiger partial charge in [0.2, 0.25) is 11.2 Å². The lowest BCUT2D eigenvalue weighted by atomic mass is 9.74. The molecule has 36 heavy (non-hydrogen) atoms. The van der Waals surface area contributed by atoms with E-state index in [9.17, 15) is 19.1 Å². The molecule has 1 atom stereocenters. The van der Waals surface area contributed by atoms with Gasteiger partial charge < -0.3 is 14.7 Å². The molecule has 1 aromatic carbocycles. The van der Waals surface area contributed by atoms with E-state index < -0.39 is 40.3 Å². The fraction of sp³-hybridized carbons (Fsp3) is 0.269. The number of rotatable bonds is 1. The average Bonchev–Trinajstić information content (AvgIpc) is 2.88. The first-order chi connectivity index (χ1) is 17.4. The molecule has 8 nitrogen and oxygen atoms in total. The van der Waals surface area contributed by atoms with Crippen molar-refractivity contribution < 1.29 is 23.4 Å². The summed E-state index contributed by atoms with van der Waals surface area (Å²) in [5, 5.41) is 12.4. The molecule has 10 heteroatoms. The molecule has 1 spiro atoms. The Labute approximate surface area is 204 Å². The number of hydrogen-bond acceptors (Lipinski definition) is 6. The highest BCUT2D eigenvalue weighted by Gasteiger charge is 2.49. The summed E-state index contributed by atoms with van der Waals surface area (Å²) in [5.41, 5.74) is -0.800. The van der Waals surface area contributed by atoms with Crippen molar-refractivity contribution in [3.63, 3.8) is 0 Å². The van der Waals surface area contributed by atoms with Crippen molar-refractivity contribution >= 4 is 5.91 Å². The lowest BCUT2D eigenvalue weighted by Gasteiger charge is -2.53. The molecule has 1 aliphatic carbocycles. The summed E-state index contributed by atoms with van der Waals surface area (Å²) in [7, 11) is 0. The van der Waals surface area contributed by atoms with Gasteiger partial charge in [0, 0.05) is 24.0 Å². The van der Waals surface area contributed by atoms with Crippen LogP contribution in [0.4, 0.5) is 8.78 Å². The van der Waals surface area contributed by atoms with Crippen molar-refractivity contribution in [1.29, 1.82) is 0 Å². The van der Waals surface area contributed by atoms with Crippen molar-refractivity contribution in [3.05, 3.63) is 99.8 Å². The average molecular weight is 492 g/mol. The van der Waals surface area contributed by atoms with E-state index in [4.69, 9.17) is 4.74 Å². The topological polar surface area (TPSA) is 87.9 Å². The first-order valence-electron chi connectivity index (χ1n) is 11.6. The highest BCUT2D eigenvalue weighted by Crippen LogP contribution is 2.44. The van der Waals surface area contributed by atoms with Gasteiger partial charge in [0.05, 0.1) is 11.2 Å². The summed E-state index contributed by atoms with van der Waals surface area (Å²) in [6, 6.07) is 7.97. The van der Waals surface area contributed by atoms with Crippen LogP contribution in [0.2, 0.25) is 0 Å². The summed E-state index contributed by atoms with van der Waals surface area (Å²) in [5.74, 6) is -3.62. The number of pyridine rings is 2. The number of carbonyl (C=O) groups is 1. The number of ether oxygens (including phenoxy) is 1. The maximum Gasteiger partial charge on any atom is 0.278 e. The standard InChI is InChI=1S/C26H22F2N4O4/c27-17-7-6-16-21(18-5-1-2-12-29-18)32-15-30(25(35)22-23(34)19(33)8-13-31(22)32)26(9-3-10-26)11-4-14-36-24(16)20(17)28/h1-2,4-8,11-13,21,34H,3,9-10,14-15H2/b11-4+/t21-/m1/s1. The molecular formula is C26H22F2N4O4. The van der Waals surface area contributed by atoms with E-state index in [0.29, 0.717) is 18.5 Å². The van der Waals surface area contributed by atoms with Gasteiger partial charge in [-0.15, -0.1) is 0 Å². The zero-order valence-electron chi connectivity index (χ0n) is 19.1. The second kappa shape index (κ2) is 8.18. The molecule has 184 valence electrons. The molecule has 6 rings (SSSR count). The molecule has 1 amide bonds. The van der Waals surface area contributed by atoms with Crippen LogP contribution in [0.1, 0.15) is 47.1 Å². The number of carbonyl (C=O) groups excluding carboxylic acids is 1. The van der Waals surface area contributed by atoms with Gasteiger partial charge in [-0.05, 0) is 49.6 Å². The Morgan fingerprint density at radius 1 is 1.11 bits per heavy atom. The molecule has 0 unspecified atom stereocenters. The number of fused-ring (bicyclic) bond motifs is 6. The van der Waals surface area contributed by atoms with Crippen LogP contribution >= 0.6 is 0 Å². The lowest BCUT2D eigenvalue weighted by Crippen LogP contribution is -2.64. The Morgan fingerprint density at radius 2 is 1.94 bits per heavy atom. The first kappa shape index (κ1) is 22.3. The smallest absolute Gasteiger partial charge is 0.278 e. The molecular weight excluding hydrogens is 470 g/mol. The maximum atomic E-state index is 15.1. The number of benzene rings is 1. The molecule has 0 saturated heterocycles. The minimum atomic E-state index is -1.13. The minimum absolute atomic E-state index is 0.0395. The fourth-order valence-corrected chi connectivity index (χ4v) is 5.27. The summed E-state index contributed by atoms with van der Waals surface area (Å²) >= 11 is 0. The Kier molecular flexibility index (Phi) is 5.06. The van der Waals surface area contributed by atoms with Gasteiger partial charge >= 0.3 is 0 Å². The van der Waals surface area contributed by atoms with Gasteiger partial charge in [0.1, 0.15) is 19.3 Å². The van der Waals surface area contributed by atoms with E-state index in [1.54, 1.807) is 40.4 Å². The number of aromatic nitrogens is 2. The van der Waals surface area contributed by atoms with Crippen LogP contribution in [-0.2, 0) is 0 Å². The number of nitrogens with zero attached hydrogens (tertiary/aromatic N) is 4. The molecule has 2 aromatic heterocycles. The molecule has 1 N–H and O–H groups in total. The van der Waals surface area contributed by atoms with Crippen molar-refractivity contribution in [2.24, 2.45) is 0 Å². The zero-order chi connectivity index (χ0) is 25.0. The van der Waals surface area contributed by atoms with Crippen LogP contribution in [0.15, 0.2) is 65.7 Å². The summed E-state index contributed by atoms with van der Waals surface area (Å²) < 4.78 is 36.6. The third kappa shape index (κ3) is 3.20. The van der Waals surface area contributed by atoms with Crippen LogP contribution < -0.4 is 15.2 Å². The molecule has 3 aliphatic rings. The molecule has 2 aliphatic heterocycles. The number of halogens is 2. The second-order valence-electron chi connectivity index (χ2n) is 9.14. The van der Waals surface area contributed by atoms with Crippen molar-refractivity contribution in [1.82, 2.24) is 14.6 Å². The van der Waals surface area contributed by atoms with Gasteiger partial charge in [-0.2, -0.15) is 4.39 Å². The van der Waals surface area contributed by atoms with Gasteiger partial charge in [-0.1, -0.05) is 12.1 Å². The Morgan fingerprint density at radius 3 is 2.67 bits per heavy atom. The normalized spacial score (nSPS) is 21.1. The Bertz CT molecular complexity index is 1450. The zero-order valence-corrected chi connectivity index (χ0v) is 19.1. The number of amides is 1. The minimum Gasteiger partial charge on any atom is -0.502 e. The number of aromatic hydroxyl groups is 1. The fourth-order valence-electron chi connectivity index (χ4n) is 5.27. The highest BCUT2D eigenvalue weighted by atomic mass is 19.2. The van der Waals surface area contributed by atoms with Crippen molar-refractivity contribution in [2.75, 3.05) is 18.3 Å². The van der Waals surface area contributed by atoms with Crippen LogP contribution in [-0.4, -0.2) is 44.4 Å². The lowest BCUT2D eigenvalue weighted by molar-refractivity contribution is 0.0255. The predicted octanol–water partition coefficient (Wildman–Crippen LogP) is 3.24. The third-order valence-corrected chi connectivity index (χ3v) is 7.21. The first-order valence-corrected chi connectivity index (χ1v) is 11.6. The van der Waals surface area contributed by atoms with E-state index in [1.807, 2.05) is 6.08 Å². The van der Waals surface area contributed by atoms with Gasteiger partial charge in [0.25, 0.3) is 5.91 Å². The van der Waals surface area contributed by atoms with Crippen LogP contribution in [0, 0.1) is 11.6 Å². The quantitative estimate of drug-likeness (QED) is 0.525. The molecule has 4 heterocycles. The monoisotopic (exact) mass is 492 g/mol. The SMILES string of the molecule is O=C1c2c(O)c(=O)ccn2N2CN1C1(/C=C/COc3c(ccc(F)c3F)[C@@H]2c2ccccn2)CCC1. The highest BCUT2D eigenvalue weighted by molar-refractivity contribution is 5.97. The van der Waals surface area contributed by atoms with Gasteiger partial charge in [0.15, 0.2) is 23.0 Å². The van der Waals surface area contributed by atoms with Gasteiger partial charge in [-0.25, -0.2) is 4.39 Å². The molecule has 1 fully saturated rings. The van der Waals surface area contributed by atoms with Gasteiger partial charge in [-0.3, -0.25) is 24.3 Å². The van der Waals surface area contributed by atoms with E-state index in [1.165, 1.54) is 16.9 Å². The van der Waals surface area contributed by atoms with Crippen molar-refractivity contribution in [2.45, 2.75) is 30.8 Å².